The molecule has 0 aliphatic rings. The normalized spacial score (nSPS) is 10.1. The van der Waals surface area contributed by atoms with Crippen molar-refractivity contribution < 1.29 is 0 Å². The Kier molecular flexibility index (Phi) is 4.76. The fourth-order valence-corrected chi connectivity index (χ4v) is 2.29. The third-order valence-electron chi connectivity index (χ3n) is 2.95. The molecule has 2 nitrogen and oxygen atoms in total. The quantitative estimate of drug-likeness (QED) is 0.581. The minimum atomic E-state index is 0.606. The highest BCUT2D eigenvalue weighted by Crippen LogP contribution is 2.18. The number of thiocarbonyl (C=S) groups is 1. The van der Waals surface area contributed by atoms with Crippen molar-refractivity contribution in [1.82, 2.24) is 0 Å². The maximum Gasteiger partial charge on any atom is 0.175 e. The van der Waals surface area contributed by atoms with Gasteiger partial charge in [-0.15, -0.1) is 0 Å². The molecule has 0 bridgehead atoms. The van der Waals surface area contributed by atoms with Gasteiger partial charge in [-0.1, -0.05) is 12.1 Å². The average molecular weight is 382 g/mol. The molecule has 0 aromatic heterocycles. The Balaban J connectivity index is 2.05. The topological polar surface area (TPSA) is 24.1 Å². The molecule has 0 aliphatic heterocycles. The van der Waals surface area contributed by atoms with Crippen LogP contribution in [0.3, 0.4) is 0 Å². The van der Waals surface area contributed by atoms with Gasteiger partial charge < -0.3 is 10.6 Å². The van der Waals surface area contributed by atoms with Gasteiger partial charge in [0.15, 0.2) is 5.11 Å². The van der Waals surface area contributed by atoms with Crippen LogP contribution in [0, 0.1) is 17.4 Å². The fraction of sp³-hybridized carbons (Fsp3) is 0.133. The van der Waals surface area contributed by atoms with Gasteiger partial charge in [0.2, 0.25) is 0 Å². The molecule has 4 heteroatoms. The van der Waals surface area contributed by atoms with Crippen LogP contribution in [0.25, 0.3) is 0 Å². The number of aryl methyl sites for hydroxylation is 1. The molecule has 2 aromatic carbocycles. The summed E-state index contributed by atoms with van der Waals surface area (Å²) in [4.78, 5) is 0. The van der Waals surface area contributed by atoms with Gasteiger partial charge in [0.25, 0.3) is 0 Å². The van der Waals surface area contributed by atoms with E-state index in [-0.39, 0.29) is 0 Å². The highest BCUT2D eigenvalue weighted by atomic mass is 127. The molecule has 0 atom stereocenters. The number of hydrogen-bond donors (Lipinski definition) is 2. The van der Waals surface area contributed by atoms with Gasteiger partial charge in [0, 0.05) is 14.9 Å². The molecule has 0 spiro atoms. The van der Waals surface area contributed by atoms with E-state index in [0.717, 1.165) is 11.4 Å². The van der Waals surface area contributed by atoms with E-state index in [0.29, 0.717) is 5.11 Å². The Bertz CT molecular complexity index is 594. The molecule has 0 heterocycles. The van der Waals surface area contributed by atoms with Crippen LogP contribution in [0.1, 0.15) is 11.1 Å². The Labute approximate surface area is 132 Å². The van der Waals surface area contributed by atoms with Crippen molar-refractivity contribution >= 4 is 51.3 Å². The SMILES string of the molecule is Cc1cccc(NC(=S)Nc2ccc(I)cc2)c1C. The van der Waals surface area contributed by atoms with Crippen molar-refractivity contribution in [2.75, 3.05) is 10.6 Å². The summed E-state index contributed by atoms with van der Waals surface area (Å²) in [6.07, 6.45) is 0. The third-order valence-corrected chi connectivity index (χ3v) is 3.88. The summed E-state index contributed by atoms with van der Waals surface area (Å²) >= 11 is 7.61. The lowest BCUT2D eigenvalue weighted by molar-refractivity contribution is 1.34. The second-order valence-electron chi connectivity index (χ2n) is 4.33. The Hall–Kier alpha value is -1.14. The van der Waals surface area contributed by atoms with Gasteiger partial charge in [-0.05, 0) is 90.1 Å². The van der Waals surface area contributed by atoms with E-state index in [1.54, 1.807) is 0 Å². The maximum atomic E-state index is 5.33. The Morgan fingerprint density at radius 1 is 1.00 bits per heavy atom. The maximum absolute atomic E-state index is 5.33. The molecule has 0 saturated carbocycles. The van der Waals surface area contributed by atoms with Gasteiger partial charge in [-0.3, -0.25) is 0 Å². The van der Waals surface area contributed by atoms with Crippen molar-refractivity contribution in [3.63, 3.8) is 0 Å². The van der Waals surface area contributed by atoms with E-state index in [1.165, 1.54) is 14.7 Å². The second kappa shape index (κ2) is 6.34. The van der Waals surface area contributed by atoms with E-state index in [2.05, 4.69) is 53.1 Å². The van der Waals surface area contributed by atoms with Gasteiger partial charge in [0.1, 0.15) is 0 Å². The van der Waals surface area contributed by atoms with E-state index >= 15 is 0 Å². The molecule has 0 radical (unpaired) electrons. The van der Waals surface area contributed by atoms with Gasteiger partial charge in [-0.25, -0.2) is 0 Å². The molecule has 0 amide bonds. The first kappa shape index (κ1) is 14.3. The summed E-state index contributed by atoms with van der Waals surface area (Å²) < 4.78 is 1.21. The summed E-state index contributed by atoms with van der Waals surface area (Å²) in [5, 5.41) is 7.02. The van der Waals surface area contributed by atoms with Crippen LogP contribution in [-0.2, 0) is 0 Å². The first-order valence-electron chi connectivity index (χ1n) is 5.96. The average Bonchev–Trinajstić information content (AvgIpc) is 2.38. The first-order chi connectivity index (χ1) is 9.06. The minimum Gasteiger partial charge on any atom is -0.332 e. The molecule has 0 saturated heterocycles. The lowest BCUT2D eigenvalue weighted by atomic mass is 10.1. The van der Waals surface area contributed by atoms with Crippen molar-refractivity contribution in [3.8, 4) is 0 Å². The number of nitrogens with one attached hydrogen (secondary N) is 2. The molecule has 0 unspecified atom stereocenters. The predicted octanol–water partition coefficient (Wildman–Crippen LogP) is 4.72. The number of rotatable bonds is 2. The van der Waals surface area contributed by atoms with Crippen LogP contribution in [0.5, 0.6) is 0 Å². The molecule has 2 aromatic rings. The molecule has 2 N–H and O–H groups in total. The highest BCUT2D eigenvalue weighted by Gasteiger charge is 2.03. The highest BCUT2D eigenvalue weighted by molar-refractivity contribution is 14.1. The van der Waals surface area contributed by atoms with Crippen molar-refractivity contribution in [1.29, 1.82) is 0 Å². The van der Waals surface area contributed by atoms with Gasteiger partial charge >= 0.3 is 0 Å². The lowest BCUT2D eigenvalue weighted by Crippen LogP contribution is -2.19. The molecule has 19 heavy (non-hydrogen) atoms. The van der Waals surface area contributed by atoms with Gasteiger partial charge in [0.05, 0.1) is 0 Å². The standard InChI is InChI=1S/C15H15IN2S/c1-10-4-3-5-14(11(10)2)18-15(19)17-13-8-6-12(16)7-9-13/h3-9H,1-2H3,(H2,17,18,19). The van der Waals surface area contributed by atoms with E-state index in [1.807, 2.05) is 36.4 Å². The largest absolute Gasteiger partial charge is 0.332 e. The van der Waals surface area contributed by atoms with Crippen LogP contribution < -0.4 is 10.6 Å². The molecular formula is C15H15IN2S. The fourth-order valence-electron chi connectivity index (χ4n) is 1.70. The van der Waals surface area contributed by atoms with Crippen LogP contribution in [0.15, 0.2) is 42.5 Å². The summed E-state index contributed by atoms with van der Waals surface area (Å²) in [6, 6.07) is 14.3. The Morgan fingerprint density at radius 3 is 2.37 bits per heavy atom. The number of anilines is 2. The first-order valence-corrected chi connectivity index (χ1v) is 7.45. The minimum absolute atomic E-state index is 0.606. The van der Waals surface area contributed by atoms with Crippen LogP contribution in [0.2, 0.25) is 0 Å². The third kappa shape index (κ3) is 3.91. The van der Waals surface area contributed by atoms with Crippen LogP contribution in [-0.4, -0.2) is 5.11 Å². The molecular weight excluding hydrogens is 367 g/mol. The summed E-state index contributed by atoms with van der Waals surface area (Å²) in [6.45, 7) is 4.18. The predicted molar refractivity (Wildman–Crippen MR) is 94.9 cm³/mol. The van der Waals surface area contributed by atoms with Gasteiger partial charge in [-0.2, -0.15) is 0 Å². The number of benzene rings is 2. The van der Waals surface area contributed by atoms with E-state index < -0.39 is 0 Å². The zero-order chi connectivity index (χ0) is 13.8. The van der Waals surface area contributed by atoms with Crippen LogP contribution >= 0.6 is 34.8 Å². The zero-order valence-electron chi connectivity index (χ0n) is 10.8. The smallest absolute Gasteiger partial charge is 0.175 e. The number of halogens is 1. The van der Waals surface area contributed by atoms with Crippen molar-refractivity contribution in [2.45, 2.75) is 13.8 Å². The van der Waals surface area contributed by atoms with E-state index in [9.17, 15) is 0 Å². The van der Waals surface area contributed by atoms with E-state index in [4.69, 9.17) is 12.2 Å². The Morgan fingerprint density at radius 2 is 1.68 bits per heavy atom. The molecule has 0 aliphatic carbocycles. The lowest BCUT2D eigenvalue weighted by Gasteiger charge is -2.13. The van der Waals surface area contributed by atoms with Crippen LogP contribution in [0.4, 0.5) is 11.4 Å². The molecule has 2 rings (SSSR count). The molecule has 98 valence electrons. The van der Waals surface area contributed by atoms with Crippen molar-refractivity contribution in [2.24, 2.45) is 0 Å². The number of hydrogen-bond acceptors (Lipinski definition) is 1. The second-order valence-corrected chi connectivity index (χ2v) is 5.99. The summed E-state index contributed by atoms with van der Waals surface area (Å²) in [5.74, 6) is 0. The summed E-state index contributed by atoms with van der Waals surface area (Å²) in [5.41, 5.74) is 4.50. The summed E-state index contributed by atoms with van der Waals surface area (Å²) in [7, 11) is 0. The monoisotopic (exact) mass is 382 g/mol. The zero-order valence-corrected chi connectivity index (χ0v) is 13.8. The molecule has 0 fully saturated rings. The van der Waals surface area contributed by atoms with Crippen molar-refractivity contribution in [3.05, 3.63) is 57.2 Å².